The Bertz CT molecular complexity index is 1040. The summed E-state index contributed by atoms with van der Waals surface area (Å²) in [5.41, 5.74) is 17.4. The zero-order valence-electron chi connectivity index (χ0n) is 16.5. The molecule has 1 aliphatic rings. The quantitative estimate of drug-likeness (QED) is 0.546. The number of nitrogens with zero attached hydrogens (tertiary/aromatic N) is 5. The lowest BCUT2D eigenvalue weighted by Gasteiger charge is -2.31. The summed E-state index contributed by atoms with van der Waals surface area (Å²) in [6.07, 6.45) is 4.21. The van der Waals surface area contributed by atoms with Gasteiger partial charge in [-0.3, -0.25) is 14.7 Å². The zero-order valence-corrected chi connectivity index (χ0v) is 16.5. The second-order valence-electron chi connectivity index (χ2n) is 6.76. The van der Waals surface area contributed by atoms with Crippen LogP contribution in [0, 0.1) is 11.6 Å². The van der Waals surface area contributed by atoms with Gasteiger partial charge in [0.15, 0.2) is 5.82 Å². The number of amidine groups is 1. The summed E-state index contributed by atoms with van der Waals surface area (Å²) in [6.45, 7) is 2.31. The number of hydrogen-bond acceptors (Lipinski definition) is 8. The number of hydrogen-bond donors (Lipinski definition) is 3. The lowest BCUT2D eigenvalue weighted by molar-refractivity contribution is 0.362. The third kappa shape index (κ3) is 4.20. The highest BCUT2D eigenvalue weighted by molar-refractivity contribution is 5.97. The molecule has 0 fully saturated rings. The predicted octanol–water partition coefficient (Wildman–Crippen LogP) is 1.32. The summed E-state index contributed by atoms with van der Waals surface area (Å²) in [5.74, 6) is -0.469. The number of aliphatic imine (C=N–C) groups is 1. The SMILES string of the molecule is CC1(c2cc(N)ccc2F)Cn2ncc(F)c2C(N)=N1.COc1cnc(CN)cn1. The van der Waals surface area contributed by atoms with Crippen molar-refractivity contribution in [3.8, 4) is 5.88 Å². The summed E-state index contributed by atoms with van der Waals surface area (Å²) in [6, 6.07) is 4.26. The van der Waals surface area contributed by atoms with Gasteiger partial charge in [-0.1, -0.05) is 0 Å². The molecule has 2 aromatic heterocycles. The topological polar surface area (TPSA) is 143 Å². The number of nitrogens with two attached hydrogens (primary N) is 3. The van der Waals surface area contributed by atoms with Crippen LogP contribution in [0.15, 0.2) is 41.8 Å². The van der Waals surface area contributed by atoms with Crippen LogP contribution in [0.5, 0.6) is 5.88 Å². The van der Waals surface area contributed by atoms with Crippen LogP contribution in [0.2, 0.25) is 0 Å². The number of anilines is 1. The zero-order chi connectivity index (χ0) is 21.9. The van der Waals surface area contributed by atoms with E-state index >= 15 is 0 Å². The van der Waals surface area contributed by atoms with Gasteiger partial charge in [0.1, 0.15) is 22.9 Å². The molecule has 1 aliphatic heterocycles. The molecule has 3 aromatic rings. The Morgan fingerprint density at radius 2 is 1.90 bits per heavy atom. The molecule has 0 spiro atoms. The molecule has 3 heterocycles. The molecule has 0 radical (unpaired) electrons. The molecule has 0 bridgehead atoms. The van der Waals surface area contributed by atoms with Gasteiger partial charge in [0.2, 0.25) is 5.88 Å². The largest absolute Gasteiger partial charge is 0.480 e. The molecule has 1 unspecified atom stereocenters. The predicted molar refractivity (Wildman–Crippen MR) is 108 cm³/mol. The lowest BCUT2D eigenvalue weighted by Crippen LogP contribution is -2.38. The van der Waals surface area contributed by atoms with Crippen LogP contribution < -0.4 is 21.9 Å². The highest BCUT2D eigenvalue weighted by Crippen LogP contribution is 2.34. The second kappa shape index (κ2) is 8.41. The molecule has 0 amide bonds. The molecule has 1 atom stereocenters. The van der Waals surface area contributed by atoms with Gasteiger partial charge < -0.3 is 21.9 Å². The molecule has 158 valence electrons. The van der Waals surface area contributed by atoms with Gasteiger partial charge in [0.05, 0.1) is 37.9 Å². The molecule has 30 heavy (non-hydrogen) atoms. The lowest BCUT2D eigenvalue weighted by atomic mass is 9.90. The van der Waals surface area contributed by atoms with Crippen molar-refractivity contribution in [1.82, 2.24) is 19.7 Å². The van der Waals surface area contributed by atoms with Crippen LogP contribution in [0.3, 0.4) is 0 Å². The fourth-order valence-corrected chi connectivity index (χ4v) is 3.04. The van der Waals surface area contributed by atoms with E-state index in [1.54, 1.807) is 26.4 Å². The number of nitrogen functional groups attached to an aromatic ring is 1. The van der Waals surface area contributed by atoms with Gasteiger partial charge >= 0.3 is 0 Å². The Balaban J connectivity index is 0.000000216. The van der Waals surface area contributed by atoms with E-state index in [0.717, 1.165) is 11.9 Å². The number of rotatable bonds is 3. The van der Waals surface area contributed by atoms with Crippen molar-refractivity contribution < 1.29 is 13.5 Å². The molecule has 0 saturated carbocycles. The van der Waals surface area contributed by atoms with Gasteiger partial charge in [-0.15, -0.1) is 0 Å². The van der Waals surface area contributed by atoms with Crippen molar-refractivity contribution in [2.45, 2.75) is 25.6 Å². The minimum absolute atomic E-state index is 0.00410. The van der Waals surface area contributed by atoms with Crippen LogP contribution in [0.25, 0.3) is 0 Å². The summed E-state index contributed by atoms with van der Waals surface area (Å²) in [5, 5.41) is 3.91. The maximum Gasteiger partial charge on any atom is 0.231 e. The average molecular weight is 416 g/mol. The Hall–Kier alpha value is -3.60. The number of aromatic nitrogens is 4. The van der Waals surface area contributed by atoms with E-state index in [1.165, 1.54) is 22.9 Å². The van der Waals surface area contributed by atoms with E-state index in [2.05, 4.69) is 20.1 Å². The van der Waals surface area contributed by atoms with Gasteiger partial charge in [0, 0.05) is 17.8 Å². The van der Waals surface area contributed by atoms with Gasteiger partial charge in [-0.2, -0.15) is 5.10 Å². The number of ether oxygens (including phenoxy) is 1. The van der Waals surface area contributed by atoms with Crippen molar-refractivity contribution in [3.63, 3.8) is 0 Å². The Morgan fingerprint density at radius 1 is 1.13 bits per heavy atom. The Labute approximate surface area is 171 Å². The van der Waals surface area contributed by atoms with E-state index in [9.17, 15) is 8.78 Å². The first-order valence-corrected chi connectivity index (χ1v) is 8.95. The standard InChI is InChI=1S/C13H13F2N5.C6H9N3O/c1-13(8-4-7(16)2-3-9(8)14)6-20-11(12(17)19-13)10(15)5-18-20;1-10-6-4-8-5(2-7)3-9-6/h2-5H,6,16H2,1H3,(H2,17,19);3-4H,2,7H2,1H3. The smallest absolute Gasteiger partial charge is 0.231 e. The first kappa shape index (κ1) is 21.1. The average Bonchev–Trinajstić information content (AvgIpc) is 3.10. The summed E-state index contributed by atoms with van der Waals surface area (Å²) < 4.78 is 33.8. The van der Waals surface area contributed by atoms with E-state index in [1.807, 2.05) is 0 Å². The third-order valence-corrected chi connectivity index (χ3v) is 4.53. The maximum absolute atomic E-state index is 14.0. The van der Waals surface area contributed by atoms with Crippen LogP contribution in [-0.2, 0) is 18.6 Å². The fourth-order valence-electron chi connectivity index (χ4n) is 3.04. The second-order valence-corrected chi connectivity index (χ2v) is 6.76. The number of methoxy groups -OCH3 is 1. The Morgan fingerprint density at radius 3 is 2.53 bits per heavy atom. The van der Waals surface area contributed by atoms with Gasteiger partial charge in [-0.25, -0.2) is 13.8 Å². The van der Waals surface area contributed by atoms with Gasteiger partial charge in [-0.05, 0) is 25.1 Å². The molecule has 6 N–H and O–H groups in total. The fraction of sp³-hybridized carbons (Fsp3) is 0.263. The first-order chi connectivity index (χ1) is 14.3. The molecule has 1 aromatic carbocycles. The summed E-state index contributed by atoms with van der Waals surface area (Å²) in [7, 11) is 1.55. The monoisotopic (exact) mass is 416 g/mol. The molecule has 11 heteroatoms. The molecule has 9 nitrogen and oxygen atoms in total. The molecule has 4 rings (SSSR count). The maximum atomic E-state index is 14.0. The highest BCUT2D eigenvalue weighted by Gasteiger charge is 2.36. The number of benzene rings is 1. The van der Waals surface area contributed by atoms with Crippen molar-refractivity contribution in [1.29, 1.82) is 0 Å². The Kier molecular flexibility index (Phi) is 5.92. The minimum atomic E-state index is -0.977. The highest BCUT2D eigenvalue weighted by atomic mass is 19.1. The van der Waals surface area contributed by atoms with E-state index in [4.69, 9.17) is 21.9 Å². The van der Waals surface area contributed by atoms with E-state index < -0.39 is 17.2 Å². The van der Waals surface area contributed by atoms with E-state index in [0.29, 0.717) is 23.7 Å². The van der Waals surface area contributed by atoms with Crippen LogP contribution >= 0.6 is 0 Å². The molecule has 0 aliphatic carbocycles. The number of fused-ring (bicyclic) bond motifs is 1. The third-order valence-electron chi connectivity index (χ3n) is 4.53. The first-order valence-electron chi connectivity index (χ1n) is 8.95. The minimum Gasteiger partial charge on any atom is -0.480 e. The van der Waals surface area contributed by atoms with Crippen molar-refractivity contribution in [2.24, 2.45) is 16.5 Å². The van der Waals surface area contributed by atoms with Crippen molar-refractivity contribution in [2.75, 3.05) is 12.8 Å². The van der Waals surface area contributed by atoms with Crippen molar-refractivity contribution in [3.05, 3.63) is 65.4 Å². The summed E-state index contributed by atoms with van der Waals surface area (Å²) in [4.78, 5) is 12.1. The van der Waals surface area contributed by atoms with Crippen LogP contribution in [0.1, 0.15) is 23.9 Å². The van der Waals surface area contributed by atoms with E-state index in [-0.39, 0.29) is 18.1 Å². The van der Waals surface area contributed by atoms with Crippen molar-refractivity contribution >= 4 is 11.5 Å². The van der Waals surface area contributed by atoms with Gasteiger partial charge in [0.25, 0.3) is 0 Å². The summed E-state index contributed by atoms with van der Waals surface area (Å²) >= 11 is 0. The van der Waals surface area contributed by atoms with Crippen LogP contribution in [-0.4, -0.2) is 32.7 Å². The normalized spacial score (nSPS) is 17.4. The number of halogens is 2. The molecule has 0 saturated heterocycles. The molecular weight excluding hydrogens is 394 g/mol. The van der Waals surface area contributed by atoms with Crippen LogP contribution in [0.4, 0.5) is 14.5 Å². The molecular formula is C19H22F2N8O.